The van der Waals surface area contributed by atoms with E-state index in [0.717, 1.165) is 61.1 Å². The third-order valence-electron chi connectivity index (χ3n) is 18.9. The third-order valence-corrected chi connectivity index (χ3v) is 21.2. The van der Waals surface area contributed by atoms with Gasteiger partial charge in [-0.3, -0.25) is 4.90 Å². The SMILES string of the molecule is CCCCCCCCC(CCCCCCCC)N1C2CC(C)CCC2C2CCC(c3ccc(-c4ccc(-c5ccc(C)s5)c5nc(C6CCC(C(F)(F)F)CC6)c(C6CCC(C(F)(F)F)CC6)nc45)s3)CC21. The van der Waals surface area contributed by atoms with E-state index >= 15 is 0 Å². The first-order valence-corrected chi connectivity index (χ1v) is 30.8. The summed E-state index contributed by atoms with van der Waals surface area (Å²) in [6.07, 6.45) is 19.7. The first kappa shape index (κ1) is 54.3. The van der Waals surface area contributed by atoms with Gasteiger partial charge in [0.2, 0.25) is 0 Å². The molecule has 0 bridgehead atoms. The van der Waals surface area contributed by atoms with Crippen molar-refractivity contribution in [2.24, 2.45) is 29.6 Å². The second-order valence-electron chi connectivity index (χ2n) is 23.7. The van der Waals surface area contributed by atoms with E-state index in [1.165, 1.54) is 138 Å². The molecule has 9 rings (SSSR count). The summed E-state index contributed by atoms with van der Waals surface area (Å²) in [6, 6.07) is 15.2. The molecule has 4 aromatic rings. The summed E-state index contributed by atoms with van der Waals surface area (Å²) in [7, 11) is 0. The van der Waals surface area contributed by atoms with Gasteiger partial charge in [0.05, 0.1) is 34.3 Å². The molecule has 4 aliphatic carbocycles. The minimum atomic E-state index is -4.24. The summed E-state index contributed by atoms with van der Waals surface area (Å²) in [5.41, 5.74) is 4.92. The van der Waals surface area contributed by atoms with Crippen molar-refractivity contribution in [2.45, 2.75) is 256 Å². The number of likely N-dealkylation sites (tertiary alicyclic amines) is 1. The normalized spacial score (nSPS) is 28.5. The lowest BCUT2D eigenvalue weighted by Crippen LogP contribution is -2.48. The summed E-state index contributed by atoms with van der Waals surface area (Å²) in [6.45, 7) is 9.21. The minimum absolute atomic E-state index is 0.0308. The van der Waals surface area contributed by atoms with E-state index in [-0.39, 0.29) is 37.5 Å². The number of hydrogen-bond acceptors (Lipinski definition) is 5. The molecule has 0 N–H and O–H groups in total. The van der Waals surface area contributed by atoms with Crippen LogP contribution in [0.25, 0.3) is 31.9 Å². The molecule has 72 heavy (non-hydrogen) atoms. The van der Waals surface area contributed by atoms with Crippen LogP contribution in [-0.4, -0.2) is 45.3 Å². The Balaban J connectivity index is 1.04. The number of fused-ring (bicyclic) bond motifs is 4. The Bertz CT molecular complexity index is 2320. The fourth-order valence-corrected chi connectivity index (χ4v) is 17.0. The van der Waals surface area contributed by atoms with Crippen LogP contribution in [0.15, 0.2) is 36.4 Å². The number of alkyl halides is 6. The lowest BCUT2D eigenvalue weighted by atomic mass is 9.69. The Morgan fingerprint density at radius 1 is 0.528 bits per heavy atom. The van der Waals surface area contributed by atoms with Gasteiger partial charge in [-0.2, -0.15) is 26.3 Å². The number of hydrogen-bond donors (Lipinski definition) is 0. The first-order chi connectivity index (χ1) is 34.7. The Kier molecular flexibility index (Phi) is 18.3. The smallest absolute Gasteiger partial charge is 0.294 e. The van der Waals surface area contributed by atoms with Gasteiger partial charge in [-0.05, 0) is 151 Å². The second-order valence-corrected chi connectivity index (χ2v) is 26.2. The molecule has 1 aliphatic heterocycles. The summed E-state index contributed by atoms with van der Waals surface area (Å²) < 4.78 is 84.0. The lowest BCUT2D eigenvalue weighted by molar-refractivity contribution is -0.183. The van der Waals surface area contributed by atoms with E-state index in [1.807, 2.05) is 11.3 Å². The van der Waals surface area contributed by atoms with Crippen molar-refractivity contribution in [1.29, 1.82) is 0 Å². The number of rotatable bonds is 20. The molecular weight excluding hydrogens is 953 g/mol. The molecule has 0 spiro atoms. The molecule has 3 aromatic heterocycles. The van der Waals surface area contributed by atoms with E-state index in [9.17, 15) is 26.3 Å². The average Bonchev–Trinajstić information content (AvgIpc) is 4.12. The van der Waals surface area contributed by atoms with Crippen LogP contribution in [0.4, 0.5) is 26.3 Å². The zero-order valence-corrected chi connectivity index (χ0v) is 45.7. The maximum Gasteiger partial charge on any atom is 0.391 e. The zero-order valence-electron chi connectivity index (χ0n) is 44.0. The van der Waals surface area contributed by atoms with Crippen molar-refractivity contribution >= 4 is 33.7 Å². The van der Waals surface area contributed by atoms with Crippen LogP contribution < -0.4 is 0 Å². The standard InChI is InChI=1S/C61H85F6N3S2/c1-5-7-9-11-13-15-17-46(18-16-14-12-10-8-6-2)70-51-37-39(3)19-30-47(51)48-31-25-43(38-52(48)70)53-35-36-55(72-53)50-33-32-49(54-34-20-40(4)71-54)58-59(50)69-57(42-23-28-45(29-24-42)61(65,66)67)56(68-58)41-21-26-44(27-22-41)60(62,63)64/h20,32-36,39,41-48,51-52H,5-19,21-31,37-38H2,1-4H3. The molecule has 5 fully saturated rings. The monoisotopic (exact) mass is 1040 g/mol. The molecule has 0 amide bonds. The van der Waals surface area contributed by atoms with Gasteiger partial charge in [0.15, 0.2) is 0 Å². The quantitative estimate of drug-likeness (QED) is 0.0652. The number of nitrogens with zero attached hydrogens (tertiary/aromatic N) is 3. The number of halogens is 6. The van der Waals surface area contributed by atoms with E-state index in [4.69, 9.17) is 9.97 Å². The number of aryl methyl sites for hydroxylation is 1. The van der Waals surface area contributed by atoms with Gasteiger partial charge in [-0.15, -0.1) is 22.7 Å². The molecule has 1 saturated heterocycles. The topological polar surface area (TPSA) is 29.0 Å². The Hall–Kier alpha value is -2.50. The molecule has 4 heterocycles. The number of unbranched alkanes of at least 4 members (excludes halogenated alkanes) is 10. The molecule has 4 saturated carbocycles. The highest BCUT2D eigenvalue weighted by atomic mass is 32.1. The fourth-order valence-electron chi connectivity index (χ4n) is 14.9. The van der Waals surface area contributed by atoms with Crippen LogP contribution in [0.1, 0.15) is 239 Å². The largest absolute Gasteiger partial charge is 0.391 e. The first-order valence-electron chi connectivity index (χ1n) is 29.1. The number of benzene rings is 1. The molecule has 5 aliphatic rings. The predicted octanol–water partition coefficient (Wildman–Crippen LogP) is 20.3. The van der Waals surface area contributed by atoms with Crippen LogP contribution in [-0.2, 0) is 0 Å². The Morgan fingerprint density at radius 3 is 1.49 bits per heavy atom. The molecule has 1 aromatic carbocycles. The van der Waals surface area contributed by atoms with Crippen LogP contribution in [0, 0.1) is 36.5 Å². The van der Waals surface area contributed by atoms with Crippen molar-refractivity contribution < 1.29 is 26.3 Å². The highest BCUT2D eigenvalue weighted by Gasteiger charge is 2.54. The highest BCUT2D eigenvalue weighted by Crippen LogP contribution is 2.56. The summed E-state index contributed by atoms with van der Waals surface area (Å²) in [4.78, 5) is 19.1. The van der Waals surface area contributed by atoms with Crippen molar-refractivity contribution in [3.05, 3.63) is 57.5 Å². The van der Waals surface area contributed by atoms with Gasteiger partial charge in [-0.25, -0.2) is 9.97 Å². The molecule has 6 atom stereocenters. The number of aromatic nitrogens is 2. The Labute approximate surface area is 436 Å². The molecular formula is C61H85F6N3S2. The summed E-state index contributed by atoms with van der Waals surface area (Å²) >= 11 is 3.58. The molecule has 398 valence electrons. The third kappa shape index (κ3) is 12.5. The van der Waals surface area contributed by atoms with Gasteiger partial charge in [-0.1, -0.05) is 116 Å². The van der Waals surface area contributed by atoms with Gasteiger partial charge >= 0.3 is 12.4 Å². The highest BCUT2D eigenvalue weighted by molar-refractivity contribution is 7.16. The zero-order chi connectivity index (χ0) is 50.6. The van der Waals surface area contributed by atoms with Gasteiger partial charge in [0.25, 0.3) is 0 Å². The average molecular weight is 1040 g/mol. The van der Waals surface area contributed by atoms with Gasteiger partial charge in [0, 0.05) is 60.6 Å². The van der Waals surface area contributed by atoms with Crippen LogP contribution >= 0.6 is 22.7 Å². The van der Waals surface area contributed by atoms with E-state index in [0.29, 0.717) is 49.7 Å². The fraction of sp³-hybridized carbons (Fsp3) is 0.738. The van der Waals surface area contributed by atoms with E-state index in [2.05, 4.69) is 69.0 Å². The molecule has 6 unspecified atom stereocenters. The van der Waals surface area contributed by atoms with Gasteiger partial charge in [0.1, 0.15) is 0 Å². The van der Waals surface area contributed by atoms with E-state index in [1.54, 1.807) is 11.3 Å². The van der Waals surface area contributed by atoms with Crippen LogP contribution in [0.3, 0.4) is 0 Å². The summed E-state index contributed by atoms with van der Waals surface area (Å²) in [5, 5.41) is 0. The van der Waals surface area contributed by atoms with Crippen molar-refractivity contribution in [3.63, 3.8) is 0 Å². The molecule has 0 radical (unpaired) electrons. The Morgan fingerprint density at radius 2 is 0.986 bits per heavy atom. The summed E-state index contributed by atoms with van der Waals surface area (Å²) in [5.74, 6) is -0.253. The van der Waals surface area contributed by atoms with Crippen molar-refractivity contribution in [2.75, 3.05) is 0 Å². The molecule has 11 heteroatoms. The van der Waals surface area contributed by atoms with Crippen LogP contribution in [0.2, 0.25) is 0 Å². The van der Waals surface area contributed by atoms with Crippen LogP contribution in [0.5, 0.6) is 0 Å². The second kappa shape index (κ2) is 24.2. The van der Waals surface area contributed by atoms with Crippen molar-refractivity contribution in [3.8, 4) is 20.9 Å². The van der Waals surface area contributed by atoms with Crippen molar-refractivity contribution in [1.82, 2.24) is 14.9 Å². The minimum Gasteiger partial charge on any atom is -0.294 e. The number of thiophene rings is 2. The maximum atomic E-state index is 14.0. The van der Waals surface area contributed by atoms with E-state index < -0.39 is 24.2 Å². The van der Waals surface area contributed by atoms with Gasteiger partial charge < -0.3 is 0 Å². The predicted molar refractivity (Wildman–Crippen MR) is 288 cm³/mol. The molecule has 3 nitrogen and oxygen atoms in total. The maximum absolute atomic E-state index is 14.0. The lowest BCUT2D eigenvalue weighted by Gasteiger charge is -2.43.